The van der Waals surface area contributed by atoms with E-state index in [-0.39, 0.29) is 6.04 Å². The number of aliphatic carboxylic acids is 1. The van der Waals surface area contributed by atoms with Gasteiger partial charge in [0.05, 0.1) is 53.1 Å². The van der Waals surface area contributed by atoms with Crippen LogP contribution in [0.2, 0.25) is 0 Å². The Labute approximate surface area is 188 Å². The first-order chi connectivity index (χ1) is 15.5. The van der Waals surface area contributed by atoms with Crippen molar-refractivity contribution in [2.24, 2.45) is 5.92 Å². The Morgan fingerprint density at radius 2 is 1.50 bits per heavy atom. The molecule has 8 heteroatoms. The summed E-state index contributed by atoms with van der Waals surface area (Å²) in [7, 11) is 7.92. The van der Waals surface area contributed by atoms with Crippen LogP contribution in [0.5, 0.6) is 28.7 Å². The van der Waals surface area contributed by atoms with Gasteiger partial charge in [0.15, 0.2) is 11.5 Å². The summed E-state index contributed by atoms with van der Waals surface area (Å²) in [5.41, 5.74) is 1.67. The van der Waals surface area contributed by atoms with Gasteiger partial charge in [-0.15, -0.1) is 0 Å². The molecular weight excluding hydrogens is 414 g/mol. The molecule has 0 radical (unpaired) electrons. The summed E-state index contributed by atoms with van der Waals surface area (Å²) in [6.45, 7) is 1.13. The van der Waals surface area contributed by atoms with Gasteiger partial charge in [0.25, 0.3) is 0 Å². The van der Waals surface area contributed by atoms with Crippen LogP contribution >= 0.6 is 0 Å². The van der Waals surface area contributed by atoms with E-state index in [1.165, 1.54) is 0 Å². The molecule has 1 fully saturated rings. The third kappa shape index (κ3) is 4.55. The van der Waals surface area contributed by atoms with Gasteiger partial charge in [-0.2, -0.15) is 0 Å². The largest absolute Gasteiger partial charge is 0.496 e. The molecule has 8 nitrogen and oxygen atoms in total. The number of ether oxygens (including phenoxy) is 5. The van der Waals surface area contributed by atoms with Crippen LogP contribution in [0.3, 0.4) is 0 Å². The molecule has 0 bridgehead atoms. The number of carbonyl (C=O) groups is 1. The van der Waals surface area contributed by atoms with Crippen molar-refractivity contribution in [2.75, 3.05) is 48.6 Å². The summed E-state index contributed by atoms with van der Waals surface area (Å²) in [5.74, 6) is 1.60. The first-order valence-electron chi connectivity index (χ1n) is 10.5. The molecule has 1 aliphatic rings. The average Bonchev–Trinajstić information content (AvgIpc) is 2.83. The Kier molecular flexibility index (Phi) is 7.69. The zero-order valence-corrected chi connectivity index (χ0v) is 19.2. The Balaban J connectivity index is 2.24. The smallest absolute Gasteiger partial charge is 0.307 e. The fraction of sp³-hybridized carbons (Fsp3) is 0.458. The van der Waals surface area contributed by atoms with Gasteiger partial charge in [0.1, 0.15) is 11.5 Å². The summed E-state index contributed by atoms with van der Waals surface area (Å²) in [4.78, 5) is 13.9. The van der Waals surface area contributed by atoms with Crippen molar-refractivity contribution in [3.8, 4) is 28.7 Å². The number of benzene rings is 2. The molecule has 0 spiro atoms. The molecule has 0 aliphatic carbocycles. The van der Waals surface area contributed by atoms with E-state index in [1.54, 1.807) is 35.5 Å². The zero-order chi connectivity index (χ0) is 23.3. The molecule has 2 aromatic carbocycles. The van der Waals surface area contributed by atoms with Gasteiger partial charge in [-0.25, -0.2) is 0 Å². The molecule has 0 amide bonds. The second-order valence-corrected chi connectivity index (χ2v) is 7.61. The Bertz CT molecular complexity index is 899. The Hall–Kier alpha value is -3.13. The number of piperidine rings is 1. The number of hydrogen-bond acceptors (Lipinski definition) is 7. The van der Waals surface area contributed by atoms with Gasteiger partial charge in [-0.1, -0.05) is 6.07 Å². The van der Waals surface area contributed by atoms with E-state index in [2.05, 4.69) is 4.90 Å². The lowest BCUT2D eigenvalue weighted by atomic mass is 9.90. The van der Waals surface area contributed by atoms with E-state index >= 15 is 0 Å². The summed E-state index contributed by atoms with van der Waals surface area (Å²) in [6.07, 6.45) is 1.42. The average molecular weight is 446 g/mol. The molecular formula is C24H31NO7. The van der Waals surface area contributed by atoms with E-state index in [0.29, 0.717) is 41.7 Å². The summed E-state index contributed by atoms with van der Waals surface area (Å²) in [5, 5.41) is 9.68. The summed E-state index contributed by atoms with van der Waals surface area (Å²) in [6, 6.07) is 9.05. The molecule has 2 aromatic rings. The maximum atomic E-state index is 11.8. The quantitative estimate of drug-likeness (QED) is 0.626. The highest BCUT2D eigenvalue weighted by Gasteiger charge is 2.35. The molecule has 32 heavy (non-hydrogen) atoms. The van der Waals surface area contributed by atoms with E-state index in [4.69, 9.17) is 23.7 Å². The predicted octanol–water partition coefficient (Wildman–Crippen LogP) is 3.62. The van der Waals surface area contributed by atoms with E-state index in [1.807, 2.05) is 30.3 Å². The topological polar surface area (TPSA) is 86.7 Å². The second-order valence-electron chi connectivity index (χ2n) is 7.61. The predicted molar refractivity (Wildman–Crippen MR) is 119 cm³/mol. The van der Waals surface area contributed by atoms with Crippen LogP contribution in [0.15, 0.2) is 30.3 Å². The van der Waals surface area contributed by atoms with Crippen LogP contribution in [0.1, 0.15) is 30.0 Å². The van der Waals surface area contributed by atoms with Crippen LogP contribution in [0, 0.1) is 5.92 Å². The number of rotatable bonds is 9. The monoisotopic (exact) mass is 445 g/mol. The molecule has 0 saturated carbocycles. The van der Waals surface area contributed by atoms with Gasteiger partial charge in [-0.05, 0) is 49.2 Å². The van der Waals surface area contributed by atoms with Crippen molar-refractivity contribution in [1.29, 1.82) is 0 Å². The number of carboxylic acid groups (broad SMARTS) is 1. The Morgan fingerprint density at radius 1 is 0.938 bits per heavy atom. The molecule has 174 valence electrons. The van der Waals surface area contributed by atoms with Crippen LogP contribution in [0.4, 0.5) is 0 Å². The standard InChI is InChI=1S/C24H31NO7/c1-28-17-9-6-10-18(29-2)21(17)22(25-11-7-8-15(14-25)24(26)27)16-12-19(30-3)23(32-5)20(13-16)31-4/h6,9-10,12-13,15,22H,7-8,11,14H2,1-5H3,(H,26,27). The fourth-order valence-corrected chi connectivity index (χ4v) is 4.41. The van der Waals surface area contributed by atoms with Gasteiger partial charge in [0.2, 0.25) is 5.75 Å². The highest BCUT2D eigenvalue weighted by molar-refractivity contribution is 5.70. The van der Waals surface area contributed by atoms with Crippen molar-refractivity contribution in [2.45, 2.75) is 18.9 Å². The van der Waals surface area contributed by atoms with Crippen molar-refractivity contribution < 1.29 is 33.6 Å². The molecule has 2 unspecified atom stereocenters. The van der Waals surface area contributed by atoms with E-state index in [9.17, 15) is 9.90 Å². The highest BCUT2D eigenvalue weighted by atomic mass is 16.5. The lowest BCUT2D eigenvalue weighted by Gasteiger charge is -2.38. The SMILES string of the molecule is COc1cc(C(c2c(OC)cccc2OC)N2CCCC(C(=O)O)C2)cc(OC)c1OC. The van der Waals surface area contributed by atoms with Crippen molar-refractivity contribution in [1.82, 2.24) is 4.90 Å². The van der Waals surface area contributed by atoms with Crippen LogP contribution in [-0.2, 0) is 4.79 Å². The summed E-state index contributed by atoms with van der Waals surface area (Å²) < 4.78 is 28.1. The number of methoxy groups -OCH3 is 5. The number of likely N-dealkylation sites (tertiary alicyclic amines) is 1. The molecule has 1 saturated heterocycles. The normalized spacial score (nSPS) is 17.3. The molecule has 1 aliphatic heterocycles. The second kappa shape index (κ2) is 10.5. The maximum Gasteiger partial charge on any atom is 0.307 e. The van der Waals surface area contributed by atoms with Crippen LogP contribution in [0.25, 0.3) is 0 Å². The number of nitrogens with zero attached hydrogens (tertiary/aromatic N) is 1. The van der Waals surface area contributed by atoms with Crippen molar-refractivity contribution in [3.63, 3.8) is 0 Å². The zero-order valence-electron chi connectivity index (χ0n) is 19.2. The first kappa shape index (κ1) is 23.5. The number of hydrogen-bond donors (Lipinski definition) is 1. The summed E-state index contributed by atoms with van der Waals surface area (Å²) >= 11 is 0. The minimum absolute atomic E-state index is 0.350. The number of carboxylic acids is 1. The minimum atomic E-state index is -0.787. The van der Waals surface area contributed by atoms with Gasteiger partial charge >= 0.3 is 5.97 Å². The molecule has 3 rings (SSSR count). The van der Waals surface area contributed by atoms with Crippen LogP contribution in [-0.4, -0.2) is 64.6 Å². The highest BCUT2D eigenvalue weighted by Crippen LogP contribution is 2.46. The minimum Gasteiger partial charge on any atom is -0.496 e. The third-order valence-corrected chi connectivity index (χ3v) is 5.91. The fourth-order valence-electron chi connectivity index (χ4n) is 4.41. The maximum absolute atomic E-state index is 11.8. The lowest BCUT2D eigenvalue weighted by molar-refractivity contribution is -0.143. The van der Waals surface area contributed by atoms with Crippen molar-refractivity contribution in [3.05, 3.63) is 41.5 Å². The van der Waals surface area contributed by atoms with Crippen molar-refractivity contribution >= 4 is 5.97 Å². The van der Waals surface area contributed by atoms with E-state index in [0.717, 1.165) is 24.1 Å². The molecule has 1 N–H and O–H groups in total. The Morgan fingerprint density at radius 3 is 1.97 bits per heavy atom. The first-order valence-corrected chi connectivity index (χ1v) is 10.5. The van der Waals surface area contributed by atoms with Crippen LogP contribution < -0.4 is 23.7 Å². The van der Waals surface area contributed by atoms with Gasteiger partial charge < -0.3 is 28.8 Å². The molecule has 0 aromatic heterocycles. The molecule has 2 atom stereocenters. The lowest BCUT2D eigenvalue weighted by Crippen LogP contribution is -2.41. The van der Waals surface area contributed by atoms with E-state index < -0.39 is 11.9 Å². The van der Waals surface area contributed by atoms with Gasteiger partial charge in [0, 0.05) is 6.54 Å². The third-order valence-electron chi connectivity index (χ3n) is 5.91. The molecule has 1 heterocycles. The van der Waals surface area contributed by atoms with Gasteiger partial charge in [-0.3, -0.25) is 9.69 Å².